The van der Waals surface area contributed by atoms with E-state index >= 15 is 0 Å². The molecule has 4 N–H and O–H groups in total. The standard InChI is InChI=1S/C15H12N2O4S/c16-13(22)9-4-6-12(7-5-9)21-15(20)17-11-3-1-2-10(8-11)14(18)19/h1-8H,(H2,16,22)(H,17,20)(H,18,19). The highest BCUT2D eigenvalue weighted by atomic mass is 32.1. The molecular weight excluding hydrogens is 304 g/mol. The highest BCUT2D eigenvalue weighted by Gasteiger charge is 2.08. The molecule has 2 aromatic rings. The number of carbonyl (C=O) groups excluding carboxylic acids is 1. The third-order valence-corrected chi connectivity index (χ3v) is 2.94. The number of carboxylic acid groups (broad SMARTS) is 1. The van der Waals surface area contributed by atoms with Gasteiger partial charge >= 0.3 is 12.1 Å². The quantitative estimate of drug-likeness (QED) is 0.750. The van der Waals surface area contributed by atoms with Crippen LogP contribution in [0.15, 0.2) is 48.5 Å². The van der Waals surface area contributed by atoms with E-state index in [0.717, 1.165) is 0 Å². The van der Waals surface area contributed by atoms with Crippen LogP contribution in [-0.2, 0) is 0 Å². The summed E-state index contributed by atoms with van der Waals surface area (Å²) in [7, 11) is 0. The van der Waals surface area contributed by atoms with E-state index in [2.05, 4.69) is 5.32 Å². The SMILES string of the molecule is NC(=S)c1ccc(OC(=O)Nc2cccc(C(=O)O)c2)cc1. The second kappa shape index (κ2) is 6.68. The number of aromatic carboxylic acids is 1. The van der Waals surface area contributed by atoms with Gasteiger partial charge in [-0.1, -0.05) is 18.3 Å². The predicted molar refractivity (Wildman–Crippen MR) is 85.4 cm³/mol. The fourth-order valence-electron chi connectivity index (χ4n) is 1.67. The molecule has 1 amide bonds. The molecule has 0 aliphatic heterocycles. The van der Waals surface area contributed by atoms with Gasteiger partial charge in [0.1, 0.15) is 10.7 Å². The molecule has 0 unspecified atom stereocenters. The van der Waals surface area contributed by atoms with Crippen molar-refractivity contribution in [2.75, 3.05) is 5.32 Å². The lowest BCUT2D eigenvalue weighted by atomic mass is 10.2. The van der Waals surface area contributed by atoms with Crippen LogP contribution in [-0.4, -0.2) is 22.2 Å². The molecule has 0 heterocycles. The van der Waals surface area contributed by atoms with Crippen LogP contribution in [0.1, 0.15) is 15.9 Å². The molecule has 0 fully saturated rings. The molecule has 0 bridgehead atoms. The number of nitrogens with one attached hydrogen (secondary N) is 1. The van der Waals surface area contributed by atoms with Crippen molar-refractivity contribution in [1.82, 2.24) is 0 Å². The van der Waals surface area contributed by atoms with Gasteiger partial charge in [-0.25, -0.2) is 9.59 Å². The van der Waals surface area contributed by atoms with Crippen molar-refractivity contribution >= 4 is 35.0 Å². The van der Waals surface area contributed by atoms with Gasteiger partial charge < -0.3 is 15.6 Å². The predicted octanol–water partition coefficient (Wildman–Crippen LogP) is 2.63. The van der Waals surface area contributed by atoms with Gasteiger partial charge in [0.25, 0.3) is 0 Å². The molecule has 7 heteroatoms. The maximum atomic E-state index is 11.8. The lowest BCUT2D eigenvalue weighted by molar-refractivity contribution is 0.0697. The van der Waals surface area contributed by atoms with Gasteiger partial charge in [-0.05, 0) is 42.5 Å². The number of ether oxygens (including phenoxy) is 1. The zero-order valence-electron chi connectivity index (χ0n) is 11.3. The Morgan fingerprint density at radius 1 is 1.09 bits per heavy atom. The van der Waals surface area contributed by atoms with Crippen molar-refractivity contribution < 1.29 is 19.4 Å². The molecule has 22 heavy (non-hydrogen) atoms. The molecular formula is C15H12N2O4S. The van der Waals surface area contributed by atoms with Crippen molar-refractivity contribution in [3.63, 3.8) is 0 Å². The fraction of sp³-hybridized carbons (Fsp3) is 0. The number of amides is 1. The number of carbonyl (C=O) groups is 2. The first-order chi connectivity index (χ1) is 10.5. The zero-order chi connectivity index (χ0) is 16.1. The average Bonchev–Trinajstić information content (AvgIpc) is 2.47. The Kier molecular flexibility index (Phi) is 4.70. The smallest absolute Gasteiger partial charge is 0.417 e. The first-order valence-electron chi connectivity index (χ1n) is 6.18. The lowest BCUT2D eigenvalue weighted by Crippen LogP contribution is -2.17. The molecule has 6 nitrogen and oxygen atoms in total. The summed E-state index contributed by atoms with van der Waals surface area (Å²) in [6.07, 6.45) is -0.731. The van der Waals surface area contributed by atoms with E-state index in [1.54, 1.807) is 30.3 Å². The van der Waals surface area contributed by atoms with E-state index in [1.807, 2.05) is 0 Å². The Bertz CT molecular complexity index is 729. The summed E-state index contributed by atoms with van der Waals surface area (Å²) in [5.41, 5.74) is 6.52. The van der Waals surface area contributed by atoms with Crippen LogP contribution >= 0.6 is 12.2 Å². The Balaban J connectivity index is 2.02. The van der Waals surface area contributed by atoms with E-state index in [4.69, 9.17) is 27.8 Å². The van der Waals surface area contributed by atoms with Gasteiger partial charge in [0, 0.05) is 11.3 Å². The Morgan fingerprint density at radius 3 is 2.36 bits per heavy atom. The summed E-state index contributed by atoms with van der Waals surface area (Å²) in [6, 6.07) is 12.2. The lowest BCUT2D eigenvalue weighted by Gasteiger charge is -2.07. The fourth-order valence-corrected chi connectivity index (χ4v) is 1.80. The van der Waals surface area contributed by atoms with Crippen LogP contribution in [0.3, 0.4) is 0 Å². The molecule has 0 radical (unpaired) electrons. The Hall–Kier alpha value is -2.93. The summed E-state index contributed by atoms with van der Waals surface area (Å²) in [6.45, 7) is 0. The van der Waals surface area contributed by atoms with Gasteiger partial charge in [0.05, 0.1) is 5.56 Å². The van der Waals surface area contributed by atoms with E-state index in [9.17, 15) is 9.59 Å². The van der Waals surface area contributed by atoms with Gasteiger partial charge in [0.2, 0.25) is 0 Å². The van der Waals surface area contributed by atoms with E-state index in [1.165, 1.54) is 18.2 Å². The number of carboxylic acids is 1. The summed E-state index contributed by atoms with van der Waals surface area (Å²) >= 11 is 4.82. The van der Waals surface area contributed by atoms with Crippen molar-refractivity contribution in [2.45, 2.75) is 0 Å². The molecule has 2 aromatic carbocycles. The maximum absolute atomic E-state index is 11.8. The van der Waals surface area contributed by atoms with Crippen LogP contribution in [0.4, 0.5) is 10.5 Å². The van der Waals surface area contributed by atoms with Gasteiger partial charge in [-0.15, -0.1) is 0 Å². The average molecular weight is 316 g/mol. The maximum Gasteiger partial charge on any atom is 0.417 e. The number of nitrogens with two attached hydrogens (primary N) is 1. The number of rotatable bonds is 4. The van der Waals surface area contributed by atoms with Crippen molar-refractivity contribution in [1.29, 1.82) is 0 Å². The minimum Gasteiger partial charge on any atom is -0.478 e. The van der Waals surface area contributed by atoms with Crippen LogP contribution in [0.5, 0.6) is 5.75 Å². The topological polar surface area (TPSA) is 102 Å². The highest BCUT2D eigenvalue weighted by molar-refractivity contribution is 7.80. The largest absolute Gasteiger partial charge is 0.478 e. The molecule has 0 saturated heterocycles. The van der Waals surface area contributed by atoms with Crippen molar-refractivity contribution in [3.8, 4) is 5.75 Å². The minimum atomic E-state index is -1.08. The van der Waals surface area contributed by atoms with E-state index in [-0.39, 0.29) is 10.6 Å². The molecule has 0 aromatic heterocycles. The van der Waals surface area contributed by atoms with E-state index in [0.29, 0.717) is 17.0 Å². The summed E-state index contributed by atoms with van der Waals surface area (Å²) in [5.74, 6) is -0.766. The second-order valence-electron chi connectivity index (χ2n) is 4.29. The van der Waals surface area contributed by atoms with Crippen LogP contribution in [0, 0.1) is 0 Å². The Labute approximate surface area is 131 Å². The molecule has 0 spiro atoms. The number of hydrogen-bond acceptors (Lipinski definition) is 4. The van der Waals surface area contributed by atoms with E-state index < -0.39 is 12.1 Å². The summed E-state index contributed by atoms with van der Waals surface area (Å²) in [4.78, 5) is 22.9. The molecule has 0 aliphatic rings. The molecule has 0 saturated carbocycles. The molecule has 0 atom stereocenters. The van der Waals surface area contributed by atoms with Gasteiger partial charge in [0.15, 0.2) is 0 Å². The molecule has 2 rings (SSSR count). The number of hydrogen-bond donors (Lipinski definition) is 3. The van der Waals surface area contributed by atoms with Gasteiger partial charge in [-0.3, -0.25) is 5.32 Å². The van der Waals surface area contributed by atoms with Crippen molar-refractivity contribution in [2.24, 2.45) is 5.73 Å². The monoisotopic (exact) mass is 316 g/mol. The normalized spacial score (nSPS) is 9.82. The van der Waals surface area contributed by atoms with Crippen molar-refractivity contribution in [3.05, 3.63) is 59.7 Å². The summed E-state index contributed by atoms with van der Waals surface area (Å²) in [5, 5.41) is 11.3. The first-order valence-corrected chi connectivity index (χ1v) is 6.58. The number of thiocarbonyl (C=S) groups is 1. The first kappa shape index (κ1) is 15.5. The highest BCUT2D eigenvalue weighted by Crippen LogP contribution is 2.15. The van der Waals surface area contributed by atoms with Crippen LogP contribution in [0.2, 0.25) is 0 Å². The molecule has 0 aliphatic carbocycles. The minimum absolute atomic E-state index is 0.0682. The third kappa shape index (κ3) is 4.03. The summed E-state index contributed by atoms with van der Waals surface area (Å²) < 4.78 is 5.07. The van der Waals surface area contributed by atoms with Gasteiger partial charge in [-0.2, -0.15) is 0 Å². The number of anilines is 1. The second-order valence-corrected chi connectivity index (χ2v) is 4.73. The van der Waals surface area contributed by atoms with Crippen LogP contribution in [0.25, 0.3) is 0 Å². The third-order valence-electron chi connectivity index (χ3n) is 2.71. The molecule has 112 valence electrons. The number of benzene rings is 2. The zero-order valence-corrected chi connectivity index (χ0v) is 12.1. The van der Waals surface area contributed by atoms with Crippen LogP contribution < -0.4 is 15.8 Å². The Morgan fingerprint density at radius 2 is 1.77 bits per heavy atom.